The smallest absolute Gasteiger partial charge is 0.317 e. The summed E-state index contributed by atoms with van der Waals surface area (Å²) in [5.74, 6) is -0.325. The first-order valence-electron chi connectivity index (χ1n) is 9.98. The summed E-state index contributed by atoms with van der Waals surface area (Å²) in [4.78, 5) is 14.3. The minimum absolute atomic E-state index is 0.0967. The Balaban J connectivity index is 1.30. The molecular weight excluding hydrogens is 422 g/mol. The second kappa shape index (κ2) is 9.38. The van der Waals surface area contributed by atoms with Gasteiger partial charge in [0.1, 0.15) is 22.4 Å². The number of urea groups is 1. The second-order valence-corrected chi connectivity index (χ2v) is 8.35. The molecule has 1 aromatic heterocycles. The van der Waals surface area contributed by atoms with Crippen LogP contribution >= 0.6 is 11.3 Å². The van der Waals surface area contributed by atoms with Crippen molar-refractivity contribution in [2.24, 2.45) is 0 Å². The van der Waals surface area contributed by atoms with Crippen LogP contribution in [0, 0.1) is 11.6 Å². The summed E-state index contributed by atoms with van der Waals surface area (Å²) in [6, 6.07) is 10.9. The minimum Gasteiger partial charge on any atom is -0.497 e. The lowest BCUT2D eigenvalue weighted by atomic mass is 9.98. The van der Waals surface area contributed by atoms with E-state index in [4.69, 9.17) is 4.74 Å². The number of hydrogen-bond donors (Lipinski definition) is 1. The molecular formula is C22H22F2N4O2S. The second-order valence-electron chi connectivity index (χ2n) is 7.34. The van der Waals surface area contributed by atoms with Crippen molar-refractivity contribution in [2.45, 2.75) is 25.3 Å². The van der Waals surface area contributed by atoms with Gasteiger partial charge in [-0.1, -0.05) is 23.5 Å². The first-order chi connectivity index (χ1) is 15.0. The molecule has 162 valence electrons. The summed E-state index contributed by atoms with van der Waals surface area (Å²) in [5, 5.41) is 12.5. The maximum Gasteiger partial charge on any atom is 0.317 e. The Morgan fingerprint density at radius 1 is 1.16 bits per heavy atom. The highest BCUT2D eigenvalue weighted by Crippen LogP contribution is 2.34. The Hall–Kier alpha value is -3.07. The van der Waals surface area contributed by atoms with E-state index in [0.717, 1.165) is 35.2 Å². The van der Waals surface area contributed by atoms with Crippen LogP contribution in [0.2, 0.25) is 0 Å². The van der Waals surface area contributed by atoms with Crippen molar-refractivity contribution >= 4 is 17.4 Å². The third-order valence-corrected chi connectivity index (χ3v) is 6.46. The Morgan fingerprint density at radius 2 is 1.90 bits per heavy atom. The summed E-state index contributed by atoms with van der Waals surface area (Å²) >= 11 is 1.32. The average Bonchev–Trinajstić information content (AvgIpc) is 3.28. The minimum atomic E-state index is -0.647. The predicted molar refractivity (Wildman–Crippen MR) is 114 cm³/mol. The van der Waals surface area contributed by atoms with Gasteiger partial charge in [0.05, 0.1) is 7.11 Å². The van der Waals surface area contributed by atoms with Crippen molar-refractivity contribution in [3.05, 3.63) is 64.7 Å². The number of aromatic nitrogens is 2. The van der Waals surface area contributed by atoms with Crippen LogP contribution in [-0.2, 0) is 6.54 Å². The molecule has 1 N–H and O–H groups in total. The van der Waals surface area contributed by atoms with E-state index in [2.05, 4.69) is 15.5 Å². The maximum absolute atomic E-state index is 14.0. The van der Waals surface area contributed by atoms with Gasteiger partial charge in [-0.2, -0.15) is 0 Å². The lowest BCUT2D eigenvalue weighted by Crippen LogP contribution is -2.43. The number of carbonyl (C=O) groups is 1. The van der Waals surface area contributed by atoms with Gasteiger partial charge in [-0.3, -0.25) is 0 Å². The van der Waals surface area contributed by atoms with Gasteiger partial charge in [0, 0.05) is 37.2 Å². The van der Waals surface area contributed by atoms with Gasteiger partial charge in [-0.05, 0) is 42.7 Å². The fourth-order valence-electron chi connectivity index (χ4n) is 3.53. The van der Waals surface area contributed by atoms with Crippen LogP contribution in [0.5, 0.6) is 5.75 Å². The molecule has 0 atom stereocenters. The molecule has 0 radical (unpaired) electrons. The molecule has 2 amide bonds. The van der Waals surface area contributed by atoms with Gasteiger partial charge in [-0.25, -0.2) is 13.6 Å². The Morgan fingerprint density at radius 3 is 2.58 bits per heavy atom. The number of amides is 2. The van der Waals surface area contributed by atoms with E-state index in [0.29, 0.717) is 24.6 Å². The lowest BCUT2D eigenvalue weighted by molar-refractivity contribution is 0.181. The summed E-state index contributed by atoms with van der Waals surface area (Å²) in [6.07, 6.45) is 1.52. The molecule has 0 spiro atoms. The molecule has 1 aliphatic heterocycles. The number of hydrogen-bond acceptors (Lipinski definition) is 5. The van der Waals surface area contributed by atoms with Crippen molar-refractivity contribution in [2.75, 3.05) is 20.2 Å². The number of halogens is 2. The fraction of sp³-hybridized carbons (Fsp3) is 0.318. The van der Waals surface area contributed by atoms with Crippen molar-refractivity contribution < 1.29 is 18.3 Å². The van der Waals surface area contributed by atoms with E-state index in [9.17, 15) is 13.6 Å². The monoisotopic (exact) mass is 444 g/mol. The quantitative estimate of drug-likeness (QED) is 0.626. The summed E-state index contributed by atoms with van der Waals surface area (Å²) in [6.45, 7) is 1.67. The molecule has 1 aliphatic rings. The molecule has 0 aliphatic carbocycles. The molecule has 1 saturated heterocycles. The molecule has 0 saturated carbocycles. The zero-order chi connectivity index (χ0) is 21.8. The summed E-state index contributed by atoms with van der Waals surface area (Å²) in [7, 11) is 1.62. The van der Waals surface area contributed by atoms with E-state index in [1.165, 1.54) is 23.5 Å². The molecule has 4 rings (SSSR count). The van der Waals surface area contributed by atoms with Gasteiger partial charge in [0.25, 0.3) is 0 Å². The zero-order valence-electron chi connectivity index (χ0n) is 17.0. The van der Waals surface area contributed by atoms with E-state index >= 15 is 0 Å². The van der Waals surface area contributed by atoms with Gasteiger partial charge >= 0.3 is 6.03 Å². The van der Waals surface area contributed by atoms with Crippen LogP contribution in [0.4, 0.5) is 13.6 Å². The fourth-order valence-corrected chi connectivity index (χ4v) is 4.57. The zero-order valence-corrected chi connectivity index (χ0v) is 17.8. The van der Waals surface area contributed by atoms with E-state index in [-0.39, 0.29) is 17.5 Å². The standard InChI is InChI=1S/C22H22F2N4O2S/c1-30-17-5-2-14(3-6-17)13-25-22(29)28-10-8-15(9-11-28)20-26-27-21(31-20)18-7-4-16(23)12-19(18)24/h2-7,12,15H,8-11,13H2,1H3,(H,25,29). The highest BCUT2D eigenvalue weighted by atomic mass is 32.1. The first-order valence-corrected chi connectivity index (χ1v) is 10.8. The Labute approximate surface area is 182 Å². The number of nitrogens with one attached hydrogen (secondary N) is 1. The van der Waals surface area contributed by atoms with Crippen molar-refractivity contribution in [3.63, 3.8) is 0 Å². The largest absolute Gasteiger partial charge is 0.497 e. The molecule has 3 aromatic rings. The number of carbonyl (C=O) groups excluding carboxylic acids is 1. The predicted octanol–water partition coefficient (Wildman–Crippen LogP) is 4.58. The number of benzene rings is 2. The Kier molecular flexibility index (Phi) is 6.41. The van der Waals surface area contributed by atoms with Crippen LogP contribution in [0.15, 0.2) is 42.5 Å². The van der Waals surface area contributed by atoms with Crippen LogP contribution in [0.1, 0.15) is 29.3 Å². The number of piperidine rings is 1. The summed E-state index contributed by atoms with van der Waals surface area (Å²) in [5.41, 5.74) is 1.25. The third kappa shape index (κ3) is 4.99. The number of likely N-dealkylation sites (tertiary alicyclic amines) is 1. The first kappa shape index (κ1) is 21.2. The van der Waals surface area contributed by atoms with E-state index in [1.807, 2.05) is 24.3 Å². The molecule has 1 fully saturated rings. The molecule has 0 unspecified atom stereocenters. The average molecular weight is 445 g/mol. The summed E-state index contributed by atoms with van der Waals surface area (Å²) < 4.78 is 32.3. The Bertz CT molecular complexity index is 1050. The highest BCUT2D eigenvalue weighted by Gasteiger charge is 2.26. The number of ether oxygens (including phenoxy) is 1. The van der Waals surface area contributed by atoms with Crippen LogP contribution in [0.25, 0.3) is 10.6 Å². The van der Waals surface area contributed by atoms with Crippen LogP contribution in [0.3, 0.4) is 0 Å². The number of methoxy groups -OCH3 is 1. The highest BCUT2D eigenvalue weighted by molar-refractivity contribution is 7.14. The van der Waals surface area contributed by atoms with Gasteiger partial charge in [0.15, 0.2) is 5.01 Å². The van der Waals surface area contributed by atoms with Crippen molar-refractivity contribution in [3.8, 4) is 16.3 Å². The third-order valence-electron chi connectivity index (χ3n) is 5.34. The SMILES string of the molecule is COc1ccc(CNC(=O)N2CCC(c3nnc(-c4ccc(F)cc4F)s3)CC2)cc1. The van der Waals surface area contributed by atoms with E-state index < -0.39 is 11.6 Å². The molecule has 2 heterocycles. The van der Waals surface area contributed by atoms with Crippen LogP contribution < -0.4 is 10.1 Å². The van der Waals surface area contributed by atoms with Gasteiger partial charge in [0.2, 0.25) is 0 Å². The molecule has 31 heavy (non-hydrogen) atoms. The molecule has 2 aromatic carbocycles. The van der Waals surface area contributed by atoms with Gasteiger partial charge < -0.3 is 15.0 Å². The molecule has 0 bridgehead atoms. The van der Waals surface area contributed by atoms with Crippen molar-refractivity contribution in [1.82, 2.24) is 20.4 Å². The topological polar surface area (TPSA) is 67.3 Å². The maximum atomic E-state index is 14.0. The normalized spacial score (nSPS) is 14.5. The van der Waals surface area contributed by atoms with E-state index in [1.54, 1.807) is 12.0 Å². The number of nitrogens with zero attached hydrogens (tertiary/aromatic N) is 3. The van der Waals surface area contributed by atoms with Gasteiger partial charge in [-0.15, -0.1) is 10.2 Å². The molecule has 9 heteroatoms. The lowest BCUT2D eigenvalue weighted by Gasteiger charge is -2.31. The molecule has 6 nitrogen and oxygen atoms in total. The van der Waals surface area contributed by atoms with Crippen molar-refractivity contribution in [1.29, 1.82) is 0 Å². The van der Waals surface area contributed by atoms with Crippen LogP contribution in [-0.4, -0.2) is 41.3 Å². The number of rotatable bonds is 5.